The molecule has 6 heteroatoms. The normalized spacial score (nSPS) is 10.4. The highest BCUT2D eigenvalue weighted by atomic mass is 16.2. The van der Waals surface area contributed by atoms with Crippen molar-refractivity contribution in [3.63, 3.8) is 0 Å². The second-order valence-electron chi connectivity index (χ2n) is 5.00. The van der Waals surface area contributed by atoms with Crippen LogP contribution in [0.1, 0.15) is 19.5 Å². The van der Waals surface area contributed by atoms with Crippen LogP contribution in [0.25, 0.3) is 0 Å². The summed E-state index contributed by atoms with van der Waals surface area (Å²) in [7, 11) is 3.62. The highest BCUT2D eigenvalue weighted by Gasteiger charge is 2.10. The molecule has 2 N–H and O–H groups in total. The predicted molar refractivity (Wildman–Crippen MR) is 77.4 cm³/mol. The van der Waals surface area contributed by atoms with Crippen molar-refractivity contribution in [2.24, 2.45) is 5.92 Å². The van der Waals surface area contributed by atoms with E-state index in [9.17, 15) is 4.79 Å². The molecule has 0 saturated heterocycles. The van der Waals surface area contributed by atoms with Crippen molar-refractivity contribution in [2.75, 3.05) is 37.4 Å². The summed E-state index contributed by atoms with van der Waals surface area (Å²) in [6.07, 6.45) is 0. The van der Waals surface area contributed by atoms with E-state index in [1.54, 1.807) is 7.05 Å². The van der Waals surface area contributed by atoms with E-state index in [0.29, 0.717) is 18.4 Å². The number of amides is 1. The Bertz CT molecular complexity index is 433. The van der Waals surface area contributed by atoms with Crippen LogP contribution < -0.4 is 15.5 Å². The Morgan fingerprint density at radius 2 is 2.11 bits per heavy atom. The molecule has 106 valence electrons. The molecule has 1 amide bonds. The quantitative estimate of drug-likeness (QED) is 0.804. The van der Waals surface area contributed by atoms with Gasteiger partial charge in [-0.3, -0.25) is 4.79 Å². The Hall–Kier alpha value is -1.85. The zero-order valence-corrected chi connectivity index (χ0v) is 12.3. The van der Waals surface area contributed by atoms with Crippen molar-refractivity contribution in [3.05, 3.63) is 11.8 Å². The molecule has 1 aromatic rings. The summed E-state index contributed by atoms with van der Waals surface area (Å²) in [6, 6.07) is 1.86. The summed E-state index contributed by atoms with van der Waals surface area (Å²) in [5.41, 5.74) is 0.865. The Balaban J connectivity index is 2.64. The van der Waals surface area contributed by atoms with E-state index in [2.05, 4.69) is 34.4 Å². The monoisotopic (exact) mass is 265 g/mol. The van der Waals surface area contributed by atoms with Crippen LogP contribution in [0, 0.1) is 12.8 Å². The molecule has 0 saturated carbocycles. The number of aryl methyl sites for hydroxylation is 1. The fourth-order valence-electron chi connectivity index (χ4n) is 1.53. The van der Waals surface area contributed by atoms with Gasteiger partial charge in [-0.2, -0.15) is 4.98 Å². The molecule has 0 aromatic carbocycles. The zero-order valence-electron chi connectivity index (χ0n) is 12.3. The predicted octanol–water partition coefficient (Wildman–Crippen LogP) is 1.04. The standard InChI is InChI=1S/C13H23N5O/c1-9(2)7-15-12(19)8-18(5)11-6-10(3)16-13(14-4)17-11/h6,9H,7-8H2,1-5H3,(H,15,19)(H,14,16,17). The lowest BCUT2D eigenvalue weighted by Gasteiger charge is -2.19. The number of rotatable bonds is 6. The molecule has 1 heterocycles. The van der Waals surface area contributed by atoms with Crippen molar-refractivity contribution in [1.82, 2.24) is 15.3 Å². The van der Waals surface area contributed by atoms with Crippen LogP contribution in [0.2, 0.25) is 0 Å². The van der Waals surface area contributed by atoms with Gasteiger partial charge in [-0.1, -0.05) is 13.8 Å². The van der Waals surface area contributed by atoms with E-state index in [0.717, 1.165) is 11.5 Å². The van der Waals surface area contributed by atoms with Crippen LogP contribution in [0.4, 0.5) is 11.8 Å². The molecule has 0 spiro atoms. The first-order valence-corrected chi connectivity index (χ1v) is 6.43. The van der Waals surface area contributed by atoms with Crippen LogP contribution in [0.15, 0.2) is 6.07 Å². The summed E-state index contributed by atoms with van der Waals surface area (Å²) >= 11 is 0. The molecule has 0 radical (unpaired) electrons. The Kier molecular flexibility index (Phi) is 5.54. The summed E-state index contributed by atoms with van der Waals surface area (Å²) in [5.74, 6) is 1.74. The number of nitrogens with zero attached hydrogens (tertiary/aromatic N) is 3. The third-order valence-corrected chi connectivity index (χ3v) is 2.54. The molecule has 1 rings (SSSR count). The summed E-state index contributed by atoms with van der Waals surface area (Å²) in [6.45, 7) is 7.01. The maximum atomic E-state index is 11.8. The fraction of sp³-hybridized carbons (Fsp3) is 0.615. The van der Waals surface area contributed by atoms with E-state index in [1.807, 2.05) is 24.9 Å². The maximum absolute atomic E-state index is 11.8. The topological polar surface area (TPSA) is 70.2 Å². The lowest BCUT2D eigenvalue weighted by Crippen LogP contribution is -2.37. The van der Waals surface area contributed by atoms with Crippen molar-refractivity contribution in [2.45, 2.75) is 20.8 Å². The molecular formula is C13H23N5O. The van der Waals surface area contributed by atoms with Gasteiger partial charge >= 0.3 is 0 Å². The first-order valence-electron chi connectivity index (χ1n) is 6.43. The van der Waals surface area contributed by atoms with E-state index < -0.39 is 0 Å². The number of hydrogen-bond acceptors (Lipinski definition) is 5. The van der Waals surface area contributed by atoms with Gasteiger partial charge in [0.2, 0.25) is 11.9 Å². The third-order valence-electron chi connectivity index (χ3n) is 2.54. The van der Waals surface area contributed by atoms with Gasteiger partial charge in [-0.05, 0) is 12.8 Å². The molecular weight excluding hydrogens is 242 g/mol. The van der Waals surface area contributed by atoms with E-state index in [4.69, 9.17) is 0 Å². The minimum Gasteiger partial charge on any atom is -0.357 e. The van der Waals surface area contributed by atoms with Crippen LogP contribution in [-0.4, -0.2) is 43.1 Å². The minimum absolute atomic E-state index is 0.00141. The molecule has 0 aliphatic rings. The number of likely N-dealkylation sites (N-methyl/N-ethyl adjacent to an activating group) is 1. The molecule has 1 aromatic heterocycles. The van der Waals surface area contributed by atoms with Crippen LogP contribution >= 0.6 is 0 Å². The van der Waals surface area contributed by atoms with Crippen LogP contribution in [0.5, 0.6) is 0 Å². The molecule has 0 aliphatic carbocycles. The van der Waals surface area contributed by atoms with Crippen molar-refractivity contribution < 1.29 is 4.79 Å². The number of anilines is 2. The van der Waals surface area contributed by atoms with Gasteiger partial charge in [0.05, 0.1) is 6.54 Å². The first-order chi connectivity index (χ1) is 8.92. The summed E-state index contributed by atoms with van der Waals surface area (Å²) in [4.78, 5) is 22.1. The molecule has 19 heavy (non-hydrogen) atoms. The molecule has 0 unspecified atom stereocenters. The summed E-state index contributed by atoms with van der Waals surface area (Å²) in [5, 5.41) is 5.79. The van der Waals surface area contributed by atoms with Crippen molar-refractivity contribution >= 4 is 17.7 Å². The lowest BCUT2D eigenvalue weighted by atomic mass is 10.2. The third kappa shape index (κ3) is 5.11. The first kappa shape index (κ1) is 15.2. The minimum atomic E-state index is -0.00141. The van der Waals surface area contributed by atoms with Gasteiger partial charge < -0.3 is 15.5 Å². The van der Waals surface area contributed by atoms with Gasteiger partial charge in [0.15, 0.2) is 0 Å². The highest BCUT2D eigenvalue weighted by molar-refractivity contribution is 5.80. The van der Waals surface area contributed by atoms with Gasteiger partial charge in [0, 0.05) is 32.4 Å². The average molecular weight is 265 g/mol. The molecule has 0 atom stereocenters. The second kappa shape index (κ2) is 6.92. The van der Waals surface area contributed by atoms with Crippen molar-refractivity contribution in [3.8, 4) is 0 Å². The number of carbonyl (C=O) groups is 1. The number of hydrogen-bond donors (Lipinski definition) is 2. The number of aromatic nitrogens is 2. The second-order valence-corrected chi connectivity index (χ2v) is 5.00. The smallest absolute Gasteiger partial charge is 0.239 e. The highest BCUT2D eigenvalue weighted by Crippen LogP contribution is 2.12. The Labute approximate surface area is 114 Å². The van der Waals surface area contributed by atoms with Crippen LogP contribution in [-0.2, 0) is 4.79 Å². The van der Waals surface area contributed by atoms with Gasteiger partial charge in [0.25, 0.3) is 0 Å². The molecule has 0 bridgehead atoms. The molecule has 0 fully saturated rings. The number of carbonyl (C=O) groups excluding carboxylic acids is 1. The molecule has 0 aliphatic heterocycles. The largest absolute Gasteiger partial charge is 0.357 e. The van der Waals surface area contributed by atoms with E-state index in [-0.39, 0.29) is 12.5 Å². The Morgan fingerprint density at radius 3 is 2.68 bits per heavy atom. The average Bonchev–Trinajstić information content (AvgIpc) is 2.35. The maximum Gasteiger partial charge on any atom is 0.239 e. The SMILES string of the molecule is CNc1nc(C)cc(N(C)CC(=O)NCC(C)C)n1. The zero-order chi connectivity index (χ0) is 14.4. The van der Waals surface area contributed by atoms with Crippen molar-refractivity contribution in [1.29, 1.82) is 0 Å². The van der Waals surface area contributed by atoms with Gasteiger partial charge in [-0.25, -0.2) is 4.98 Å². The fourth-order valence-corrected chi connectivity index (χ4v) is 1.53. The van der Waals surface area contributed by atoms with E-state index >= 15 is 0 Å². The Morgan fingerprint density at radius 1 is 1.42 bits per heavy atom. The number of nitrogens with one attached hydrogen (secondary N) is 2. The lowest BCUT2D eigenvalue weighted by molar-refractivity contribution is -0.119. The van der Waals surface area contributed by atoms with E-state index in [1.165, 1.54) is 0 Å². The molecule has 6 nitrogen and oxygen atoms in total. The van der Waals surface area contributed by atoms with Gasteiger partial charge in [0.1, 0.15) is 5.82 Å². The van der Waals surface area contributed by atoms with Crippen LogP contribution in [0.3, 0.4) is 0 Å². The summed E-state index contributed by atoms with van der Waals surface area (Å²) < 4.78 is 0. The van der Waals surface area contributed by atoms with Gasteiger partial charge in [-0.15, -0.1) is 0 Å².